The van der Waals surface area contributed by atoms with Crippen LogP contribution in [0.1, 0.15) is 91.0 Å². The number of unbranched alkanes of at least 4 members (excludes halogenated alkanes) is 1. The summed E-state index contributed by atoms with van der Waals surface area (Å²) >= 11 is 0. The number of benzene rings is 1. The summed E-state index contributed by atoms with van der Waals surface area (Å²) in [6.45, 7) is 8.52. The molecule has 1 aromatic carbocycles. The molecule has 2 rings (SSSR count). The molecule has 1 fully saturated rings. The molecule has 0 bridgehead atoms. The van der Waals surface area contributed by atoms with E-state index in [2.05, 4.69) is 44.2 Å². The smallest absolute Gasteiger partial charge is 0.306 e. The quantitative estimate of drug-likeness (QED) is 0.298. The van der Waals surface area contributed by atoms with Crippen LogP contribution >= 0.6 is 0 Å². The van der Waals surface area contributed by atoms with Crippen LogP contribution in [0.15, 0.2) is 30.3 Å². The summed E-state index contributed by atoms with van der Waals surface area (Å²) in [5.41, 5.74) is 0.348. The van der Waals surface area contributed by atoms with Crippen molar-refractivity contribution in [1.82, 2.24) is 0 Å². The number of hydrogen-bond acceptors (Lipinski definition) is 3. The van der Waals surface area contributed by atoms with Gasteiger partial charge in [-0.05, 0) is 50.5 Å². The van der Waals surface area contributed by atoms with Crippen molar-refractivity contribution in [3.63, 3.8) is 0 Å². The van der Waals surface area contributed by atoms with E-state index in [4.69, 9.17) is 14.9 Å². The van der Waals surface area contributed by atoms with Crippen LogP contribution in [0.25, 0.3) is 0 Å². The van der Waals surface area contributed by atoms with Crippen LogP contribution in [-0.4, -0.2) is 22.3 Å². The fraction of sp³-hybridized carbons (Fsp3) is 0.720. The van der Waals surface area contributed by atoms with Gasteiger partial charge in [0, 0.05) is 6.42 Å². The van der Waals surface area contributed by atoms with Crippen LogP contribution < -0.4 is 0 Å². The molecule has 29 heavy (non-hydrogen) atoms. The first-order chi connectivity index (χ1) is 13.7. The Bertz CT molecular complexity index is 617. The minimum atomic E-state index is -0.842. The lowest BCUT2D eigenvalue weighted by atomic mass is 9.81. The Kier molecular flexibility index (Phi) is 9.16. The maximum absolute atomic E-state index is 11.0. The standard InChI is InChI=1S/C25H40O4/c1-20(11-8-9-16-22-14-6-5-7-15-22)12-10-13-21(2)17-24(3)19-25(4,29-28-24)18-23(26)27/h5-7,14-15,20-21H,8-13,16-19H2,1-4H3,(H,26,27). The molecule has 0 saturated carbocycles. The molecule has 4 atom stereocenters. The van der Waals surface area contributed by atoms with Gasteiger partial charge in [-0.1, -0.05) is 76.3 Å². The molecule has 1 aromatic rings. The van der Waals surface area contributed by atoms with Crippen molar-refractivity contribution in [2.24, 2.45) is 11.8 Å². The van der Waals surface area contributed by atoms with Gasteiger partial charge in [-0.2, -0.15) is 0 Å². The van der Waals surface area contributed by atoms with Crippen molar-refractivity contribution in [2.45, 2.75) is 103 Å². The molecule has 164 valence electrons. The second kappa shape index (κ2) is 11.1. The number of carbonyl (C=O) groups is 1. The van der Waals surface area contributed by atoms with Crippen molar-refractivity contribution in [3.8, 4) is 0 Å². The van der Waals surface area contributed by atoms with E-state index in [9.17, 15) is 4.79 Å². The number of carboxylic acids is 1. The second-order valence-corrected chi connectivity index (χ2v) is 9.89. The third-order valence-electron chi connectivity index (χ3n) is 6.15. The highest BCUT2D eigenvalue weighted by Gasteiger charge is 2.47. The summed E-state index contributed by atoms with van der Waals surface area (Å²) in [5.74, 6) is 0.477. The monoisotopic (exact) mass is 404 g/mol. The minimum Gasteiger partial charge on any atom is -0.481 e. The Balaban J connectivity index is 1.58. The second-order valence-electron chi connectivity index (χ2n) is 9.89. The largest absolute Gasteiger partial charge is 0.481 e. The van der Waals surface area contributed by atoms with Crippen molar-refractivity contribution in [2.75, 3.05) is 0 Å². The lowest BCUT2D eigenvalue weighted by Gasteiger charge is -2.25. The fourth-order valence-electron chi connectivity index (χ4n) is 4.83. The molecule has 4 nitrogen and oxygen atoms in total. The van der Waals surface area contributed by atoms with E-state index in [1.165, 1.54) is 50.5 Å². The molecule has 0 spiro atoms. The fourth-order valence-corrected chi connectivity index (χ4v) is 4.83. The molecular formula is C25H40O4. The van der Waals surface area contributed by atoms with E-state index in [1.807, 2.05) is 13.8 Å². The van der Waals surface area contributed by atoms with Gasteiger partial charge >= 0.3 is 5.97 Å². The van der Waals surface area contributed by atoms with Crippen molar-refractivity contribution in [3.05, 3.63) is 35.9 Å². The Morgan fingerprint density at radius 1 is 0.966 bits per heavy atom. The summed E-state index contributed by atoms with van der Waals surface area (Å²) in [5, 5.41) is 9.06. The maximum Gasteiger partial charge on any atom is 0.306 e. The molecule has 1 heterocycles. The zero-order valence-electron chi connectivity index (χ0n) is 18.8. The molecule has 4 heteroatoms. The third kappa shape index (κ3) is 8.88. The van der Waals surface area contributed by atoms with Gasteiger partial charge in [0.1, 0.15) is 11.2 Å². The van der Waals surface area contributed by atoms with Crippen molar-refractivity contribution < 1.29 is 19.7 Å². The number of aliphatic carboxylic acids is 1. The van der Waals surface area contributed by atoms with Crippen LogP contribution in [0, 0.1) is 11.8 Å². The van der Waals surface area contributed by atoms with Crippen molar-refractivity contribution >= 4 is 5.97 Å². The SMILES string of the molecule is CC(CCCCc1ccccc1)CCCC(C)CC1(C)CC(C)(CC(=O)O)OO1. The Hall–Kier alpha value is -1.39. The summed E-state index contributed by atoms with van der Waals surface area (Å²) in [4.78, 5) is 22.0. The number of hydrogen-bond donors (Lipinski definition) is 1. The number of rotatable bonds is 13. The highest BCUT2D eigenvalue weighted by Crippen LogP contribution is 2.42. The van der Waals surface area contributed by atoms with E-state index in [-0.39, 0.29) is 12.0 Å². The molecule has 1 aliphatic heterocycles. The minimum absolute atomic E-state index is 0.0151. The number of aryl methyl sites for hydroxylation is 1. The molecule has 1 N–H and O–H groups in total. The summed E-state index contributed by atoms with van der Waals surface area (Å²) < 4.78 is 0. The highest BCUT2D eigenvalue weighted by molar-refractivity contribution is 5.68. The van der Waals surface area contributed by atoms with Gasteiger partial charge in [0.15, 0.2) is 0 Å². The predicted octanol–water partition coefficient (Wildman–Crippen LogP) is 6.58. The zero-order valence-corrected chi connectivity index (χ0v) is 18.8. The average molecular weight is 405 g/mol. The molecule has 0 aromatic heterocycles. The first kappa shape index (κ1) is 23.9. The molecular weight excluding hydrogens is 364 g/mol. The van der Waals surface area contributed by atoms with Crippen LogP contribution in [0.4, 0.5) is 0 Å². The Morgan fingerprint density at radius 3 is 2.28 bits per heavy atom. The maximum atomic E-state index is 11.0. The highest BCUT2D eigenvalue weighted by atomic mass is 17.2. The average Bonchev–Trinajstić information content (AvgIpc) is 2.93. The molecule has 0 amide bonds. The van der Waals surface area contributed by atoms with E-state index < -0.39 is 11.6 Å². The van der Waals surface area contributed by atoms with Crippen LogP contribution in [-0.2, 0) is 21.0 Å². The summed E-state index contributed by atoms with van der Waals surface area (Å²) in [6.07, 6.45) is 10.3. The van der Waals surface area contributed by atoms with Crippen LogP contribution in [0.2, 0.25) is 0 Å². The van der Waals surface area contributed by atoms with Crippen LogP contribution in [0.3, 0.4) is 0 Å². The molecule has 0 aliphatic carbocycles. The normalized spacial score (nSPS) is 26.3. The van der Waals surface area contributed by atoms with E-state index in [0.717, 1.165) is 12.3 Å². The summed E-state index contributed by atoms with van der Waals surface area (Å²) in [7, 11) is 0. The van der Waals surface area contributed by atoms with Gasteiger partial charge in [-0.3, -0.25) is 4.79 Å². The van der Waals surface area contributed by atoms with Crippen LogP contribution in [0.5, 0.6) is 0 Å². The molecule has 0 radical (unpaired) electrons. The van der Waals surface area contributed by atoms with E-state index in [1.54, 1.807) is 0 Å². The molecule has 1 aliphatic rings. The first-order valence-corrected chi connectivity index (χ1v) is 11.3. The molecule has 1 saturated heterocycles. The van der Waals surface area contributed by atoms with Gasteiger partial charge in [0.2, 0.25) is 0 Å². The van der Waals surface area contributed by atoms with Gasteiger partial charge in [-0.15, -0.1) is 0 Å². The topological polar surface area (TPSA) is 55.8 Å². The van der Waals surface area contributed by atoms with Crippen molar-refractivity contribution in [1.29, 1.82) is 0 Å². The first-order valence-electron chi connectivity index (χ1n) is 11.3. The predicted molar refractivity (Wildman–Crippen MR) is 117 cm³/mol. The van der Waals surface area contributed by atoms with Gasteiger partial charge in [0.25, 0.3) is 0 Å². The van der Waals surface area contributed by atoms with Gasteiger partial charge in [-0.25, -0.2) is 9.78 Å². The van der Waals surface area contributed by atoms with Gasteiger partial charge in [0.05, 0.1) is 6.42 Å². The van der Waals surface area contributed by atoms with E-state index in [0.29, 0.717) is 12.3 Å². The lowest BCUT2D eigenvalue weighted by molar-refractivity contribution is -0.346. The lowest BCUT2D eigenvalue weighted by Crippen LogP contribution is -2.31. The third-order valence-corrected chi connectivity index (χ3v) is 6.15. The summed E-state index contributed by atoms with van der Waals surface area (Å²) in [6, 6.07) is 10.8. The molecule has 4 unspecified atom stereocenters. The Labute approximate surface area is 176 Å². The van der Waals surface area contributed by atoms with Gasteiger partial charge < -0.3 is 5.11 Å². The zero-order chi connectivity index (χ0) is 21.3. The van der Waals surface area contributed by atoms with E-state index >= 15 is 0 Å². The number of carboxylic acid groups (broad SMARTS) is 1. The Morgan fingerprint density at radius 2 is 1.59 bits per heavy atom.